The number of likely N-dealkylation sites (tertiary alicyclic amines) is 1. The number of hydrogen-bond acceptors (Lipinski definition) is 3. The maximum absolute atomic E-state index is 5.34. The molecule has 1 rings (SSSR count). The van der Waals surface area contributed by atoms with Crippen molar-refractivity contribution in [1.82, 2.24) is 15.5 Å². The lowest BCUT2D eigenvalue weighted by molar-refractivity contribution is 0.118. The van der Waals surface area contributed by atoms with E-state index in [9.17, 15) is 0 Å². The van der Waals surface area contributed by atoms with E-state index in [0.717, 1.165) is 38.8 Å². The number of nitrogens with one attached hydrogen (secondary N) is 2. The Balaban J connectivity index is 2.40. The molecule has 5 nitrogen and oxygen atoms in total. The molecule has 21 heavy (non-hydrogen) atoms. The minimum absolute atomic E-state index is 0.502. The first-order chi connectivity index (χ1) is 10.2. The van der Waals surface area contributed by atoms with E-state index >= 15 is 0 Å². The average Bonchev–Trinajstić information content (AvgIpc) is 2.49. The van der Waals surface area contributed by atoms with Crippen LogP contribution in [0.4, 0.5) is 0 Å². The van der Waals surface area contributed by atoms with Gasteiger partial charge in [0, 0.05) is 31.8 Å². The van der Waals surface area contributed by atoms with Gasteiger partial charge in [0.15, 0.2) is 5.96 Å². The molecule has 1 aliphatic rings. The number of nitrogens with zero attached hydrogens (tertiary/aromatic N) is 2. The van der Waals surface area contributed by atoms with E-state index in [1.807, 2.05) is 6.92 Å². The Morgan fingerprint density at radius 3 is 2.81 bits per heavy atom. The summed E-state index contributed by atoms with van der Waals surface area (Å²) in [6.07, 6.45) is 4.01. The molecular weight excluding hydrogens is 264 g/mol. The van der Waals surface area contributed by atoms with Gasteiger partial charge in [-0.1, -0.05) is 6.42 Å². The second-order valence-corrected chi connectivity index (χ2v) is 5.77. The Labute approximate surface area is 130 Å². The van der Waals surface area contributed by atoms with Crippen LogP contribution in [0.1, 0.15) is 47.0 Å². The standard InChI is InChI=1S/C16H34N4O/c1-5-17-16(18-10-12-21-6-2)19-13-15(4)20-11-8-7-9-14(20)3/h14-15H,5-13H2,1-4H3,(H2,17,18,19). The van der Waals surface area contributed by atoms with Gasteiger partial charge in [0.2, 0.25) is 0 Å². The number of guanidine groups is 1. The number of aliphatic imine (C=N–C) groups is 1. The van der Waals surface area contributed by atoms with Crippen LogP contribution in [0.25, 0.3) is 0 Å². The van der Waals surface area contributed by atoms with Crippen molar-refractivity contribution in [2.24, 2.45) is 4.99 Å². The van der Waals surface area contributed by atoms with Gasteiger partial charge in [-0.3, -0.25) is 9.89 Å². The van der Waals surface area contributed by atoms with E-state index in [4.69, 9.17) is 9.73 Å². The Bertz CT molecular complexity index is 296. The summed E-state index contributed by atoms with van der Waals surface area (Å²) in [6, 6.07) is 1.19. The SMILES string of the molecule is CCNC(=NCC(C)N1CCCCC1C)NCCOCC. The predicted octanol–water partition coefficient (Wildman–Crippen LogP) is 1.84. The van der Waals surface area contributed by atoms with Crippen molar-refractivity contribution in [2.75, 3.05) is 39.4 Å². The van der Waals surface area contributed by atoms with E-state index in [-0.39, 0.29) is 0 Å². The first-order valence-electron chi connectivity index (χ1n) is 8.54. The maximum Gasteiger partial charge on any atom is 0.191 e. The Morgan fingerprint density at radius 2 is 2.14 bits per heavy atom. The summed E-state index contributed by atoms with van der Waals surface area (Å²) in [4.78, 5) is 7.31. The molecule has 1 fully saturated rings. The van der Waals surface area contributed by atoms with Gasteiger partial charge in [0.1, 0.15) is 0 Å². The van der Waals surface area contributed by atoms with Crippen LogP contribution < -0.4 is 10.6 Å². The third kappa shape index (κ3) is 7.14. The molecule has 0 bridgehead atoms. The molecule has 1 saturated heterocycles. The van der Waals surface area contributed by atoms with Gasteiger partial charge in [-0.15, -0.1) is 0 Å². The van der Waals surface area contributed by atoms with Crippen molar-refractivity contribution in [3.63, 3.8) is 0 Å². The van der Waals surface area contributed by atoms with Gasteiger partial charge in [-0.05, 0) is 47.1 Å². The van der Waals surface area contributed by atoms with Gasteiger partial charge in [0.25, 0.3) is 0 Å². The zero-order valence-electron chi connectivity index (χ0n) is 14.3. The monoisotopic (exact) mass is 298 g/mol. The van der Waals surface area contributed by atoms with Crippen LogP contribution in [-0.2, 0) is 4.74 Å². The van der Waals surface area contributed by atoms with Crippen LogP contribution in [0.15, 0.2) is 4.99 Å². The van der Waals surface area contributed by atoms with E-state index < -0.39 is 0 Å². The molecule has 0 spiro atoms. The molecule has 2 N–H and O–H groups in total. The summed E-state index contributed by atoms with van der Waals surface area (Å²) >= 11 is 0. The highest BCUT2D eigenvalue weighted by atomic mass is 16.5. The Hall–Kier alpha value is -0.810. The molecular formula is C16H34N4O. The van der Waals surface area contributed by atoms with Gasteiger partial charge in [-0.25, -0.2) is 0 Å². The molecule has 0 amide bonds. The van der Waals surface area contributed by atoms with Crippen LogP contribution in [0.5, 0.6) is 0 Å². The van der Waals surface area contributed by atoms with E-state index in [1.54, 1.807) is 0 Å². The fourth-order valence-electron chi connectivity index (χ4n) is 2.83. The quantitative estimate of drug-likeness (QED) is 0.408. The third-order valence-corrected chi connectivity index (χ3v) is 4.02. The highest BCUT2D eigenvalue weighted by Crippen LogP contribution is 2.18. The van der Waals surface area contributed by atoms with Gasteiger partial charge < -0.3 is 15.4 Å². The van der Waals surface area contributed by atoms with Crippen LogP contribution in [0.3, 0.4) is 0 Å². The fourth-order valence-corrected chi connectivity index (χ4v) is 2.83. The van der Waals surface area contributed by atoms with Crippen molar-refractivity contribution in [2.45, 2.75) is 59.0 Å². The topological polar surface area (TPSA) is 48.9 Å². The Kier molecular flexibility index (Phi) is 9.42. The largest absolute Gasteiger partial charge is 0.380 e. The van der Waals surface area contributed by atoms with Gasteiger partial charge in [0.05, 0.1) is 13.2 Å². The van der Waals surface area contributed by atoms with E-state index in [0.29, 0.717) is 12.1 Å². The van der Waals surface area contributed by atoms with Crippen molar-refractivity contribution in [3.05, 3.63) is 0 Å². The lowest BCUT2D eigenvalue weighted by Crippen LogP contribution is -2.46. The summed E-state index contributed by atoms with van der Waals surface area (Å²) < 4.78 is 5.34. The molecule has 2 unspecified atom stereocenters. The molecule has 0 aromatic carbocycles. The van der Waals surface area contributed by atoms with Crippen LogP contribution in [-0.4, -0.2) is 62.3 Å². The van der Waals surface area contributed by atoms with E-state index in [1.165, 1.54) is 25.8 Å². The fraction of sp³-hybridized carbons (Fsp3) is 0.938. The van der Waals surface area contributed by atoms with Gasteiger partial charge >= 0.3 is 0 Å². The predicted molar refractivity (Wildman–Crippen MR) is 90.0 cm³/mol. The molecule has 0 aromatic rings. The van der Waals surface area contributed by atoms with Crippen LogP contribution in [0.2, 0.25) is 0 Å². The lowest BCUT2D eigenvalue weighted by Gasteiger charge is -2.37. The highest BCUT2D eigenvalue weighted by molar-refractivity contribution is 5.79. The first-order valence-corrected chi connectivity index (χ1v) is 8.54. The average molecular weight is 298 g/mol. The molecule has 1 aliphatic heterocycles. The molecule has 0 saturated carbocycles. The van der Waals surface area contributed by atoms with Crippen molar-refractivity contribution < 1.29 is 4.74 Å². The number of hydrogen-bond donors (Lipinski definition) is 2. The maximum atomic E-state index is 5.34. The molecule has 5 heteroatoms. The molecule has 0 aromatic heterocycles. The number of rotatable bonds is 8. The second-order valence-electron chi connectivity index (χ2n) is 5.77. The first kappa shape index (κ1) is 18.2. The number of ether oxygens (including phenoxy) is 1. The minimum atomic E-state index is 0.502. The zero-order valence-corrected chi connectivity index (χ0v) is 14.3. The molecule has 2 atom stereocenters. The normalized spacial score (nSPS) is 22.1. The van der Waals surface area contributed by atoms with Crippen molar-refractivity contribution in [3.8, 4) is 0 Å². The molecule has 1 heterocycles. The second kappa shape index (κ2) is 10.9. The van der Waals surface area contributed by atoms with Crippen molar-refractivity contribution >= 4 is 5.96 Å². The summed E-state index contributed by atoms with van der Waals surface area (Å²) in [5.41, 5.74) is 0. The smallest absolute Gasteiger partial charge is 0.191 e. The molecule has 0 radical (unpaired) electrons. The summed E-state index contributed by atoms with van der Waals surface area (Å²) in [5.74, 6) is 0.897. The summed E-state index contributed by atoms with van der Waals surface area (Å²) in [7, 11) is 0. The van der Waals surface area contributed by atoms with E-state index in [2.05, 4.69) is 36.3 Å². The summed E-state index contributed by atoms with van der Waals surface area (Å²) in [5, 5.41) is 6.61. The molecule has 124 valence electrons. The third-order valence-electron chi connectivity index (χ3n) is 4.02. The van der Waals surface area contributed by atoms with Crippen molar-refractivity contribution in [1.29, 1.82) is 0 Å². The lowest BCUT2D eigenvalue weighted by atomic mass is 10.0. The zero-order chi connectivity index (χ0) is 15.5. The van der Waals surface area contributed by atoms with Crippen LogP contribution in [0, 0.1) is 0 Å². The van der Waals surface area contributed by atoms with Gasteiger partial charge in [-0.2, -0.15) is 0 Å². The minimum Gasteiger partial charge on any atom is -0.380 e. The summed E-state index contributed by atoms with van der Waals surface area (Å²) in [6.45, 7) is 14.0. The Morgan fingerprint density at radius 1 is 1.33 bits per heavy atom. The molecule has 0 aliphatic carbocycles. The highest BCUT2D eigenvalue weighted by Gasteiger charge is 2.22. The van der Waals surface area contributed by atoms with Crippen LogP contribution >= 0.6 is 0 Å². The number of piperidine rings is 1.